The topological polar surface area (TPSA) is 114 Å². The van der Waals surface area contributed by atoms with Crippen LogP contribution in [0.4, 0.5) is 5.69 Å². The van der Waals surface area contributed by atoms with E-state index in [9.17, 15) is 23.4 Å². The average Bonchev–Trinajstić information content (AvgIpc) is 3.33. The summed E-state index contributed by atoms with van der Waals surface area (Å²) >= 11 is 12.7. The monoisotopic (exact) mass is 461 g/mol. The van der Waals surface area contributed by atoms with Crippen molar-refractivity contribution in [2.24, 2.45) is 0 Å². The number of hydrogen-bond donors (Lipinski definition) is 3. The van der Waals surface area contributed by atoms with Gasteiger partial charge in [-0.25, -0.2) is 17.8 Å². The smallest absolute Gasteiger partial charge is 0.338 e. The van der Waals surface area contributed by atoms with Gasteiger partial charge in [-0.15, -0.1) is 11.3 Å². The Kier molecular flexibility index (Phi) is 4.61. The van der Waals surface area contributed by atoms with E-state index in [-0.39, 0.29) is 31.0 Å². The number of nitrogens with one attached hydrogen (secondary N) is 1. The minimum absolute atomic E-state index is 0.0222. The molecule has 0 saturated heterocycles. The first-order valence-corrected chi connectivity index (χ1v) is 11.1. The predicted molar refractivity (Wildman–Crippen MR) is 107 cm³/mol. The first-order valence-electron chi connectivity index (χ1n) is 8.02. The van der Waals surface area contributed by atoms with Crippen molar-refractivity contribution in [3.8, 4) is 17.4 Å². The summed E-state index contributed by atoms with van der Waals surface area (Å²) in [5.74, 6) is -1.12. The molecule has 12 heteroatoms. The molecule has 0 amide bonds. The molecule has 1 aromatic carbocycles. The summed E-state index contributed by atoms with van der Waals surface area (Å²) in [4.78, 5) is 12.4. The van der Waals surface area contributed by atoms with E-state index >= 15 is 0 Å². The van der Waals surface area contributed by atoms with Gasteiger partial charge in [0.15, 0.2) is 0 Å². The lowest BCUT2D eigenvalue weighted by molar-refractivity contribution is 0.363. The van der Waals surface area contributed by atoms with Crippen LogP contribution in [0.2, 0.25) is 8.67 Å². The van der Waals surface area contributed by atoms with Crippen molar-refractivity contribution in [3.63, 3.8) is 0 Å². The molecule has 0 spiro atoms. The molecule has 148 valence electrons. The number of halogens is 2. The zero-order chi connectivity index (χ0) is 20.2. The number of sulfonamides is 1. The Hall–Kier alpha value is -2.14. The largest absolute Gasteiger partial charge is 0.491 e. The maximum Gasteiger partial charge on any atom is 0.338 e. The molecule has 0 radical (unpaired) electrons. The minimum Gasteiger partial charge on any atom is -0.491 e. The van der Waals surface area contributed by atoms with E-state index in [2.05, 4.69) is 4.72 Å². The van der Waals surface area contributed by atoms with E-state index in [0.717, 1.165) is 33.3 Å². The van der Waals surface area contributed by atoms with Crippen LogP contribution in [0.5, 0.6) is 11.8 Å². The minimum atomic E-state index is -4.01. The second-order valence-corrected chi connectivity index (χ2v) is 10.1. The van der Waals surface area contributed by atoms with Gasteiger partial charge in [0.05, 0.1) is 15.7 Å². The molecule has 2 aromatic heterocycles. The van der Waals surface area contributed by atoms with Crippen molar-refractivity contribution < 1.29 is 18.6 Å². The summed E-state index contributed by atoms with van der Waals surface area (Å²) in [6.45, 7) is 0. The molecule has 3 N–H and O–H groups in total. The summed E-state index contributed by atoms with van der Waals surface area (Å²) in [5.41, 5.74) is -0.280. The molecule has 1 aliphatic rings. The number of benzene rings is 1. The molecule has 2 heterocycles. The van der Waals surface area contributed by atoms with Gasteiger partial charge in [0, 0.05) is 6.04 Å². The second kappa shape index (κ2) is 6.73. The van der Waals surface area contributed by atoms with Crippen LogP contribution in [-0.4, -0.2) is 27.8 Å². The van der Waals surface area contributed by atoms with Gasteiger partial charge in [-0.05, 0) is 37.1 Å². The summed E-state index contributed by atoms with van der Waals surface area (Å²) in [6.07, 6.45) is 1.47. The molecular weight excluding hydrogens is 449 g/mol. The number of aromatic hydroxyl groups is 2. The van der Waals surface area contributed by atoms with Crippen molar-refractivity contribution in [3.05, 3.63) is 49.5 Å². The number of anilines is 1. The molecule has 4 rings (SSSR count). The number of hydrogen-bond acceptors (Lipinski definition) is 6. The molecule has 0 unspecified atom stereocenters. The van der Waals surface area contributed by atoms with Gasteiger partial charge in [0.1, 0.15) is 9.23 Å². The van der Waals surface area contributed by atoms with Crippen LogP contribution >= 0.6 is 34.5 Å². The molecule has 0 atom stereocenters. The summed E-state index contributed by atoms with van der Waals surface area (Å²) in [7, 11) is -4.01. The Morgan fingerprint density at radius 2 is 1.86 bits per heavy atom. The normalized spacial score (nSPS) is 14.4. The Morgan fingerprint density at radius 1 is 1.14 bits per heavy atom. The molecule has 1 fully saturated rings. The maximum atomic E-state index is 12.6. The quantitative estimate of drug-likeness (QED) is 0.537. The van der Waals surface area contributed by atoms with Gasteiger partial charge in [-0.3, -0.25) is 9.29 Å². The lowest BCUT2D eigenvalue weighted by atomic mass is 10.3. The van der Waals surface area contributed by atoms with Crippen molar-refractivity contribution in [1.29, 1.82) is 0 Å². The second-order valence-electron chi connectivity index (χ2n) is 6.21. The third-order valence-electron chi connectivity index (χ3n) is 4.22. The molecule has 3 aromatic rings. The number of aromatic nitrogens is 2. The zero-order valence-corrected chi connectivity index (χ0v) is 17.1. The number of rotatable bonds is 5. The van der Waals surface area contributed by atoms with Crippen molar-refractivity contribution >= 4 is 50.2 Å². The lowest BCUT2D eigenvalue weighted by Crippen LogP contribution is -2.22. The van der Waals surface area contributed by atoms with E-state index in [0.29, 0.717) is 0 Å². The average molecular weight is 462 g/mol. The summed E-state index contributed by atoms with van der Waals surface area (Å²) in [6, 6.07) is 6.94. The zero-order valence-electron chi connectivity index (χ0n) is 14.0. The highest BCUT2D eigenvalue weighted by molar-refractivity contribution is 7.93. The molecule has 8 nitrogen and oxygen atoms in total. The van der Waals surface area contributed by atoms with Crippen LogP contribution in [-0.2, 0) is 10.0 Å². The van der Waals surface area contributed by atoms with Crippen LogP contribution < -0.4 is 10.4 Å². The molecule has 1 saturated carbocycles. The third-order valence-corrected chi connectivity index (χ3v) is 7.36. The number of nitrogens with zero attached hydrogens (tertiary/aromatic N) is 2. The van der Waals surface area contributed by atoms with E-state index in [4.69, 9.17) is 23.2 Å². The van der Waals surface area contributed by atoms with E-state index < -0.39 is 27.5 Å². The highest BCUT2D eigenvalue weighted by atomic mass is 35.5. The van der Waals surface area contributed by atoms with Gasteiger partial charge in [0.25, 0.3) is 21.8 Å². The van der Waals surface area contributed by atoms with Crippen LogP contribution in [0.1, 0.15) is 18.9 Å². The third kappa shape index (κ3) is 3.26. The Bertz CT molecular complexity index is 1240. The molecular formula is C16H13Cl2N3O5S2. The van der Waals surface area contributed by atoms with Crippen molar-refractivity contribution in [2.45, 2.75) is 23.8 Å². The maximum absolute atomic E-state index is 12.6. The van der Waals surface area contributed by atoms with Gasteiger partial charge < -0.3 is 10.2 Å². The fourth-order valence-electron chi connectivity index (χ4n) is 2.82. The Balaban J connectivity index is 1.73. The number of imidazole rings is 1. The standard InChI is InChI=1S/C16H13Cl2N3O5S2/c17-12-7-11(13(18)27-12)28(25,26)19-8-2-1-3-10(6-8)21-15(23)14(22)20(16(21)24)9-4-5-9/h1-3,6-7,9,19,22-23H,4-5H2. The highest BCUT2D eigenvalue weighted by Crippen LogP contribution is 2.40. The van der Waals surface area contributed by atoms with Gasteiger partial charge in [-0.1, -0.05) is 29.3 Å². The molecule has 0 aliphatic heterocycles. The Morgan fingerprint density at radius 3 is 2.46 bits per heavy atom. The van der Waals surface area contributed by atoms with Crippen LogP contribution in [0.3, 0.4) is 0 Å². The van der Waals surface area contributed by atoms with E-state index in [1.807, 2.05) is 0 Å². The Labute approximate surface area is 173 Å². The fourth-order valence-corrected chi connectivity index (χ4v) is 6.02. The lowest BCUT2D eigenvalue weighted by Gasteiger charge is -2.09. The van der Waals surface area contributed by atoms with E-state index in [1.165, 1.54) is 30.3 Å². The first kappa shape index (κ1) is 19.2. The van der Waals surface area contributed by atoms with Crippen molar-refractivity contribution in [2.75, 3.05) is 4.72 Å². The van der Waals surface area contributed by atoms with Crippen LogP contribution in [0, 0.1) is 0 Å². The number of thiophene rings is 1. The molecule has 28 heavy (non-hydrogen) atoms. The fraction of sp³-hybridized carbons (Fsp3) is 0.188. The van der Waals surface area contributed by atoms with Gasteiger partial charge >= 0.3 is 5.69 Å². The first-order chi connectivity index (χ1) is 13.2. The van der Waals surface area contributed by atoms with Gasteiger partial charge in [0.2, 0.25) is 0 Å². The van der Waals surface area contributed by atoms with Crippen LogP contribution in [0.15, 0.2) is 40.0 Å². The predicted octanol–water partition coefficient (Wildman–Crippen LogP) is 3.55. The van der Waals surface area contributed by atoms with Crippen molar-refractivity contribution in [1.82, 2.24) is 9.13 Å². The summed E-state index contributed by atoms with van der Waals surface area (Å²) < 4.78 is 29.8. The highest BCUT2D eigenvalue weighted by Gasteiger charge is 2.32. The summed E-state index contributed by atoms with van der Waals surface area (Å²) in [5, 5.41) is 20.3. The molecule has 1 aliphatic carbocycles. The SMILES string of the molecule is O=c1n(-c2cccc(NS(=O)(=O)c3cc(Cl)sc3Cl)c2)c(O)c(O)n1C1CC1. The van der Waals surface area contributed by atoms with Gasteiger partial charge in [-0.2, -0.15) is 0 Å². The van der Waals surface area contributed by atoms with E-state index in [1.54, 1.807) is 0 Å². The molecule has 0 bridgehead atoms. The van der Waals surface area contributed by atoms with Crippen LogP contribution in [0.25, 0.3) is 5.69 Å².